The number of carbonyl (C=O) groups excluding carboxylic acids is 1. The molecule has 0 unspecified atom stereocenters. The molecule has 1 amide bonds. The van der Waals surface area contributed by atoms with Gasteiger partial charge in [0.2, 0.25) is 5.56 Å². The average molecular weight is 277 g/mol. The summed E-state index contributed by atoms with van der Waals surface area (Å²) >= 11 is 4.88. The van der Waals surface area contributed by atoms with Gasteiger partial charge in [-0.25, -0.2) is 0 Å². The van der Waals surface area contributed by atoms with Gasteiger partial charge in [0.15, 0.2) is 0 Å². The topological polar surface area (TPSA) is 106 Å². The van der Waals surface area contributed by atoms with Crippen molar-refractivity contribution in [3.05, 3.63) is 46.0 Å². The first-order valence-corrected chi connectivity index (χ1v) is 5.72. The van der Waals surface area contributed by atoms with Crippen LogP contribution in [0.1, 0.15) is 15.9 Å². The Morgan fingerprint density at radius 1 is 1.53 bits per heavy atom. The summed E-state index contributed by atoms with van der Waals surface area (Å²) in [5, 5.41) is 6.62. The van der Waals surface area contributed by atoms with Crippen LogP contribution in [0.2, 0.25) is 0 Å². The van der Waals surface area contributed by atoms with E-state index in [1.165, 1.54) is 29.2 Å². The van der Waals surface area contributed by atoms with Crippen molar-refractivity contribution in [1.29, 1.82) is 0 Å². The number of rotatable bonds is 3. The van der Waals surface area contributed by atoms with E-state index in [-0.39, 0.29) is 10.5 Å². The fourth-order valence-electron chi connectivity index (χ4n) is 1.50. The molecule has 0 aliphatic carbocycles. The molecule has 19 heavy (non-hydrogen) atoms. The summed E-state index contributed by atoms with van der Waals surface area (Å²) in [6.07, 6.45) is 2.80. The highest BCUT2D eigenvalue weighted by atomic mass is 32.1. The van der Waals surface area contributed by atoms with E-state index in [2.05, 4.69) is 15.4 Å². The Bertz CT molecular complexity index is 683. The van der Waals surface area contributed by atoms with Crippen LogP contribution in [0.5, 0.6) is 0 Å². The minimum atomic E-state index is -0.391. The highest BCUT2D eigenvalue weighted by Crippen LogP contribution is 2.14. The van der Waals surface area contributed by atoms with E-state index < -0.39 is 5.91 Å². The quantitative estimate of drug-likeness (QED) is 0.684. The number of hydrogen-bond acceptors (Lipinski definition) is 4. The molecule has 0 atom stereocenters. The maximum atomic E-state index is 12.0. The van der Waals surface area contributed by atoms with E-state index in [4.69, 9.17) is 18.0 Å². The molecule has 0 aliphatic rings. The number of nitrogens with two attached hydrogens (primary N) is 1. The zero-order valence-electron chi connectivity index (χ0n) is 10.0. The fraction of sp³-hybridized carbons (Fsp3) is 0.0909. The van der Waals surface area contributed by atoms with Crippen LogP contribution < -0.4 is 16.6 Å². The molecule has 98 valence electrons. The minimum absolute atomic E-state index is 0.143. The number of aromatic nitrogens is 3. The van der Waals surface area contributed by atoms with E-state index in [0.29, 0.717) is 16.9 Å². The molecule has 2 aromatic heterocycles. The van der Waals surface area contributed by atoms with Crippen LogP contribution in [-0.2, 0) is 7.05 Å². The van der Waals surface area contributed by atoms with Crippen molar-refractivity contribution in [2.24, 2.45) is 12.8 Å². The van der Waals surface area contributed by atoms with Gasteiger partial charge in [-0.15, -0.1) is 0 Å². The summed E-state index contributed by atoms with van der Waals surface area (Å²) in [7, 11) is 1.66. The number of amides is 1. The lowest BCUT2D eigenvalue weighted by molar-refractivity contribution is 0.102. The van der Waals surface area contributed by atoms with Crippen LogP contribution in [0.4, 0.5) is 5.82 Å². The van der Waals surface area contributed by atoms with Crippen LogP contribution in [0, 0.1) is 0 Å². The number of H-pyrrole nitrogens is 1. The third-order valence-electron chi connectivity index (χ3n) is 2.48. The number of nitrogens with one attached hydrogen (secondary N) is 2. The molecule has 0 saturated heterocycles. The molecular formula is C11H11N5O2S. The van der Waals surface area contributed by atoms with Crippen molar-refractivity contribution >= 4 is 28.9 Å². The van der Waals surface area contributed by atoms with E-state index in [0.717, 1.165) is 0 Å². The largest absolute Gasteiger partial charge is 0.389 e. The number of hydrogen-bond donors (Lipinski definition) is 3. The second-order valence-corrected chi connectivity index (χ2v) is 4.23. The number of aromatic amines is 1. The molecule has 0 radical (unpaired) electrons. The highest BCUT2D eigenvalue weighted by molar-refractivity contribution is 7.80. The van der Waals surface area contributed by atoms with Gasteiger partial charge in [0.1, 0.15) is 10.8 Å². The summed E-state index contributed by atoms with van der Waals surface area (Å²) < 4.78 is 1.46. The number of carbonyl (C=O) groups is 1. The van der Waals surface area contributed by atoms with Crippen molar-refractivity contribution in [3.63, 3.8) is 0 Å². The van der Waals surface area contributed by atoms with Crippen molar-refractivity contribution < 1.29 is 4.79 Å². The Balaban J connectivity index is 2.28. The van der Waals surface area contributed by atoms with Crippen LogP contribution >= 0.6 is 12.2 Å². The molecule has 0 bridgehead atoms. The van der Waals surface area contributed by atoms with Gasteiger partial charge >= 0.3 is 0 Å². The van der Waals surface area contributed by atoms with E-state index in [9.17, 15) is 9.59 Å². The lowest BCUT2D eigenvalue weighted by Crippen LogP contribution is -2.19. The van der Waals surface area contributed by atoms with Crippen molar-refractivity contribution in [2.45, 2.75) is 0 Å². The monoisotopic (exact) mass is 277 g/mol. The normalized spacial score (nSPS) is 10.2. The van der Waals surface area contributed by atoms with Gasteiger partial charge in [0.05, 0.1) is 17.3 Å². The standard InChI is InChI=1S/C11H11N5O2S/c1-16-10(7(5-14-16)9(12)19)15-11(18)6-2-3-8(17)13-4-6/h2-5H,1H3,(H2,12,19)(H,13,17)(H,15,18). The predicted octanol–water partition coefficient (Wildman–Crippen LogP) is -0.00510. The summed E-state index contributed by atoms with van der Waals surface area (Å²) in [6, 6.07) is 2.69. The molecule has 0 aromatic carbocycles. The zero-order valence-corrected chi connectivity index (χ0v) is 10.8. The number of aryl methyl sites for hydroxylation is 1. The minimum Gasteiger partial charge on any atom is -0.389 e. The number of pyridine rings is 1. The van der Waals surface area contributed by atoms with Gasteiger partial charge in [-0.3, -0.25) is 14.3 Å². The smallest absolute Gasteiger partial charge is 0.258 e. The summed E-state index contributed by atoms with van der Waals surface area (Å²) in [4.78, 5) is 25.5. The second-order valence-electron chi connectivity index (χ2n) is 3.79. The van der Waals surface area contributed by atoms with Crippen molar-refractivity contribution in [2.75, 3.05) is 5.32 Å². The van der Waals surface area contributed by atoms with E-state index >= 15 is 0 Å². The Kier molecular flexibility index (Phi) is 3.43. The molecule has 2 aromatic rings. The van der Waals surface area contributed by atoms with Gasteiger partial charge in [-0.1, -0.05) is 12.2 Å². The maximum Gasteiger partial charge on any atom is 0.258 e. The number of nitrogens with zero attached hydrogens (tertiary/aromatic N) is 2. The lowest BCUT2D eigenvalue weighted by atomic mass is 10.2. The number of anilines is 1. The van der Waals surface area contributed by atoms with Crippen LogP contribution in [0.25, 0.3) is 0 Å². The van der Waals surface area contributed by atoms with Gasteiger partial charge in [-0.2, -0.15) is 5.10 Å². The van der Waals surface area contributed by atoms with Crippen LogP contribution in [-0.4, -0.2) is 25.7 Å². The second kappa shape index (κ2) is 5.02. The molecule has 2 heterocycles. The van der Waals surface area contributed by atoms with Gasteiger partial charge in [-0.05, 0) is 6.07 Å². The molecular weight excluding hydrogens is 266 g/mol. The molecule has 4 N–H and O–H groups in total. The van der Waals surface area contributed by atoms with Gasteiger partial charge in [0.25, 0.3) is 5.91 Å². The Morgan fingerprint density at radius 3 is 2.84 bits per heavy atom. The first kappa shape index (κ1) is 13.0. The van der Waals surface area contributed by atoms with Crippen molar-refractivity contribution in [1.82, 2.24) is 14.8 Å². The third-order valence-corrected chi connectivity index (χ3v) is 2.70. The summed E-state index contributed by atoms with van der Waals surface area (Å²) in [5.41, 5.74) is 6.06. The van der Waals surface area contributed by atoms with E-state index in [1.807, 2.05) is 0 Å². The van der Waals surface area contributed by atoms with Crippen molar-refractivity contribution in [3.8, 4) is 0 Å². The first-order chi connectivity index (χ1) is 8.99. The Labute approximate surface area is 113 Å². The number of thiocarbonyl (C=S) groups is 1. The first-order valence-electron chi connectivity index (χ1n) is 5.31. The molecule has 8 heteroatoms. The van der Waals surface area contributed by atoms with Gasteiger partial charge in [0, 0.05) is 19.3 Å². The van der Waals surface area contributed by atoms with E-state index in [1.54, 1.807) is 7.05 Å². The molecule has 0 aliphatic heterocycles. The third kappa shape index (κ3) is 2.68. The predicted molar refractivity (Wildman–Crippen MR) is 74.1 cm³/mol. The summed E-state index contributed by atoms with van der Waals surface area (Å²) in [6.45, 7) is 0. The molecule has 0 fully saturated rings. The fourth-order valence-corrected chi connectivity index (χ4v) is 1.65. The maximum absolute atomic E-state index is 12.0. The highest BCUT2D eigenvalue weighted by Gasteiger charge is 2.14. The molecule has 7 nitrogen and oxygen atoms in total. The molecule has 0 spiro atoms. The Hall–Kier alpha value is -2.48. The van der Waals surface area contributed by atoms with Crippen LogP contribution in [0.3, 0.4) is 0 Å². The van der Waals surface area contributed by atoms with Crippen LogP contribution in [0.15, 0.2) is 29.3 Å². The molecule has 0 saturated carbocycles. The Morgan fingerprint density at radius 2 is 2.26 bits per heavy atom. The van der Waals surface area contributed by atoms with Gasteiger partial charge < -0.3 is 16.0 Å². The molecule has 2 rings (SSSR count). The lowest BCUT2D eigenvalue weighted by Gasteiger charge is -2.07. The SMILES string of the molecule is Cn1ncc(C(N)=S)c1NC(=O)c1ccc(=O)[nH]c1. The summed E-state index contributed by atoms with van der Waals surface area (Å²) in [5.74, 6) is 0.0149. The zero-order chi connectivity index (χ0) is 14.0. The average Bonchev–Trinajstić information content (AvgIpc) is 2.72.